The number of nitrogens with one attached hydrogen (secondary N) is 1. The molecule has 4 aromatic rings. The monoisotopic (exact) mass is 549 g/mol. The van der Waals surface area contributed by atoms with Gasteiger partial charge in [0, 0.05) is 36.6 Å². The first-order valence-electron chi connectivity index (χ1n) is 13.1. The molecule has 0 aliphatic heterocycles. The third-order valence-electron chi connectivity index (χ3n) is 7.39. The van der Waals surface area contributed by atoms with Crippen molar-refractivity contribution < 1.29 is 8.42 Å². The average molecular weight is 550 g/mol. The summed E-state index contributed by atoms with van der Waals surface area (Å²) in [6.45, 7) is 1.93. The Balaban J connectivity index is 1.24. The average Bonchev–Trinajstić information content (AvgIpc) is 3.57. The van der Waals surface area contributed by atoms with Crippen LogP contribution in [0.5, 0.6) is 0 Å². The van der Waals surface area contributed by atoms with E-state index in [0.29, 0.717) is 11.6 Å². The first-order chi connectivity index (χ1) is 18.3. The van der Waals surface area contributed by atoms with E-state index in [9.17, 15) is 8.42 Å². The molecule has 2 aliphatic carbocycles. The van der Waals surface area contributed by atoms with Crippen LogP contribution in [0.2, 0.25) is 0 Å². The van der Waals surface area contributed by atoms with Crippen LogP contribution in [0.1, 0.15) is 43.5 Å². The fourth-order valence-corrected chi connectivity index (χ4v) is 7.98. The number of anilines is 1. The zero-order chi connectivity index (χ0) is 26.3. The van der Waals surface area contributed by atoms with Crippen LogP contribution < -0.4 is 5.32 Å². The van der Waals surface area contributed by atoms with Crippen LogP contribution in [-0.2, 0) is 16.9 Å². The molecule has 3 aromatic heterocycles. The Morgan fingerprint density at radius 3 is 2.50 bits per heavy atom. The quantitative estimate of drug-likeness (QED) is 0.329. The van der Waals surface area contributed by atoms with Gasteiger partial charge in [-0.3, -0.25) is 4.68 Å². The fraction of sp³-hybridized carbons (Fsp3) is 0.444. The number of hydrogen-bond acceptors (Lipinski definition) is 9. The minimum absolute atomic E-state index is 0.0765. The van der Waals surface area contributed by atoms with Gasteiger partial charge in [-0.05, 0) is 63.0 Å². The van der Waals surface area contributed by atoms with Gasteiger partial charge in [0.25, 0.3) is 0 Å². The van der Waals surface area contributed by atoms with E-state index in [4.69, 9.17) is 9.97 Å². The molecule has 0 atom stereocenters. The van der Waals surface area contributed by atoms with Crippen LogP contribution in [0.4, 0.5) is 5.82 Å². The largest absolute Gasteiger partial charge is 0.367 e. The van der Waals surface area contributed by atoms with E-state index in [1.54, 1.807) is 4.68 Å². The van der Waals surface area contributed by atoms with Crippen LogP contribution in [0.3, 0.4) is 0 Å². The van der Waals surface area contributed by atoms with E-state index in [0.717, 1.165) is 76.6 Å². The smallest absolute Gasteiger partial charge is 0.161 e. The zero-order valence-corrected chi connectivity index (χ0v) is 23.2. The molecule has 3 heterocycles. The summed E-state index contributed by atoms with van der Waals surface area (Å²) >= 11 is 1.52. The van der Waals surface area contributed by atoms with Crippen molar-refractivity contribution in [3.05, 3.63) is 47.9 Å². The summed E-state index contributed by atoms with van der Waals surface area (Å²) < 4.78 is 26.7. The number of sulfone groups is 1. The number of hydrogen-bond donors (Lipinski definition) is 1. The number of rotatable bonds is 8. The molecule has 0 saturated heterocycles. The summed E-state index contributed by atoms with van der Waals surface area (Å²) in [6, 6.07) is 8.37. The van der Waals surface area contributed by atoms with Gasteiger partial charge in [-0.15, -0.1) is 10.2 Å². The lowest BCUT2D eigenvalue weighted by Crippen LogP contribution is -2.30. The Morgan fingerprint density at radius 1 is 1.03 bits per heavy atom. The van der Waals surface area contributed by atoms with Crippen LogP contribution >= 0.6 is 11.3 Å². The molecule has 11 heteroatoms. The first kappa shape index (κ1) is 25.1. The Labute approximate surface area is 226 Å². The third kappa shape index (κ3) is 5.49. The molecule has 0 radical (unpaired) electrons. The molecule has 198 valence electrons. The highest BCUT2D eigenvalue weighted by molar-refractivity contribution is 7.92. The van der Waals surface area contributed by atoms with Gasteiger partial charge in [0.2, 0.25) is 0 Å². The highest BCUT2D eigenvalue weighted by Gasteiger charge is 2.37. The lowest BCUT2D eigenvalue weighted by atomic mass is 9.87. The minimum Gasteiger partial charge on any atom is -0.367 e. The standard InChI is InChI=1S/C27H31N7O2S2/c1-17-32-33-27(37-17)24-14-28-25(20-5-3-4-19(12-20)21-13-29-34(2)15-21)31-26(24)30-22-8-6-18(7-9-22)16-38(35,36)23-10-11-23/h3-5,12-15,18,22-23H,6-11,16H2,1-2H3,(H,28,30,31). The Bertz CT molecular complexity index is 1550. The highest BCUT2D eigenvalue weighted by atomic mass is 32.2. The van der Waals surface area contributed by atoms with Crippen LogP contribution in [-0.4, -0.2) is 55.4 Å². The number of aromatic nitrogens is 6. The predicted octanol–water partition coefficient (Wildman–Crippen LogP) is 4.92. The van der Waals surface area contributed by atoms with E-state index in [-0.39, 0.29) is 17.2 Å². The lowest BCUT2D eigenvalue weighted by molar-refractivity contribution is 0.361. The Hall–Kier alpha value is -3.18. The summed E-state index contributed by atoms with van der Waals surface area (Å²) in [6.07, 6.45) is 11.0. The molecule has 1 aromatic carbocycles. The summed E-state index contributed by atoms with van der Waals surface area (Å²) in [5.74, 6) is 1.96. The third-order valence-corrected chi connectivity index (χ3v) is 10.7. The molecule has 0 spiro atoms. The molecule has 2 saturated carbocycles. The van der Waals surface area contributed by atoms with Crippen LogP contribution in [0, 0.1) is 12.8 Å². The molecule has 2 fully saturated rings. The van der Waals surface area contributed by atoms with Crippen molar-refractivity contribution in [2.24, 2.45) is 13.0 Å². The van der Waals surface area contributed by atoms with Crippen molar-refractivity contribution in [2.75, 3.05) is 11.1 Å². The van der Waals surface area contributed by atoms with Crippen molar-refractivity contribution in [1.29, 1.82) is 0 Å². The van der Waals surface area contributed by atoms with Gasteiger partial charge in [-0.25, -0.2) is 18.4 Å². The van der Waals surface area contributed by atoms with Crippen molar-refractivity contribution in [2.45, 2.75) is 56.7 Å². The number of nitrogens with zero attached hydrogens (tertiary/aromatic N) is 6. The van der Waals surface area contributed by atoms with E-state index in [2.05, 4.69) is 32.7 Å². The lowest BCUT2D eigenvalue weighted by Gasteiger charge is -2.29. The summed E-state index contributed by atoms with van der Waals surface area (Å²) in [7, 11) is -1.02. The maximum Gasteiger partial charge on any atom is 0.161 e. The highest BCUT2D eigenvalue weighted by Crippen LogP contribution is 2.36. The molecule has 1 N–H and O–H groups in total. The second kappa shape index (κ2) is 10.2. The van der Waals surface area contributed by atoms with Gasteiger partial charge in [0.05, 0.1) is 22.8 Å². The Kier molecular flexibility index (Phi) is 6.73. The second-order valence-electron chi connectivity index (χ2n) is 10.5. The molecule has 9 nitrogen and oxygen atoms in total. The fourth-order valence-electron chi connectivity index (χ4n) is 5.16. The van der Waals surface area contributed by atoms with Gasteiger partial charge >= 0.3 is 0 Å². The SMILES string of the molecule is Cc1nnc(-c2cnc(-c3cccc(-c4cnn(C)c4)c3)nc2NC2CCC(CS(=O)(=O)C3CC3)CC2)s1. The van der Waals surface area contributed by atoms with Gasteiger partial charge < -0.3 is 5.32 Å². The molecule has 0 bridgehead atoms. The summed E-state index contributed by atoms with van der Waals surface area (Å²) in [5.41, 5.74) is 3.84. The number of benzene rings is 1. The number of aryl methyl sites for hydroxylation is 2. The molecule has 6 rings (SSSR count). The van der Waals surface area contributed by atoms with E-state index in [1.165, 1.54) is 11.3 Å². The zero-order valence-electron chi connectivity index (χ0n) is 21.5. The van der Waals surface area contributed by atoms with Gasteiger partial charge in [0.1, 0.15) is 10.8 Å². The Morgan fingerprint density at radius 2 is 1.82 bits per heavy atom. The molecular formula is C27H31N7O2S2. The summed E-state index contributed by atoms with van der Waals surface area (Å²) in [4.78, 5) is 9.68. The minimum atomic E-state index is -2.92. The normalized spacial score (nSPS) is 19.9. The van der Waals surface area contributed by atoms with E-state index in [1.807, 2.05) is 44.7 Å². The van der Waals surface area contributed by atoms with Crippen molar-refractivity contribution in [3.63, 3.8) is 0 Å². The molecule has 0 unspecified atom stereocenters. The topological polar surface area (TPSA) is 116 Å². The van der Waals surface area contributed by atoms with Crippen molar-refractivity contribution in [1.82, 2.24) is 29.9 Å². The maximum absolute atomic E-state index is 12.5. The predicted molar refractivity (Wildman–Crippen MR) is 149 cm³/mol. The molecular weight excluding hydrogens is 518 g/mol. The first-order valence-corrected chi connectivity index (χ1v) is 15.6. The van der Waals surface area contributed by atoms with E-state index < -0.39 is 9.84 Å². The van der Waals surface area contributed by atoms with Crippen LogP contribution in [0.15, 0.2) is 42.9 Å². The molecule has 38 heavy (non-hydrogen) atoms. The van der Waals surface area contributed by atoms with Gasteiger partial charge in [-0.1, -0.05) is 29.5 Å². The van der Waals surface area contributed by atoms with Crippen LogP contribution in [0.25, 0.3) is 33.1 Å². The van der Waals surface area contributed by atoms with E-state index >= 15 is 0 Å². The maximum atomic E-state index is 12.5. The van der Waals surface area contributed by atoms with Gasteiger partial charge in [-0.2, -0.15) is 5.10 Å². The van der Waals surface area contributed by atoms with Crippen molar-refractivity contribution >= 4 is 27.0 Å². The second-order valence-corrected chi connectivity index (χ2v) is 14.0. The van der Waals surface area contributed by atoms with Crippen molar-refractivity contribution in [3.8, 4) is 33.1 Å². The van der Waals surface area contributed by atoms with Gasteiger partial charge in [0.15, 0.2) is 20.7 Å². The molecule has 2 aliphatic rings. The summed E-state index contributed by atoms with van der Waals surface area (Å²) in [5, 5.41) is 18.1. The molecule has 0 amide bonds.